The lowest BCUT2D eigenvalue weighted by atomic mass is 9.61. The largest absolute Gasteiger partial charge is 0.490 e. The first-order valence-corrected chi connectivity index (χ1v) is 13.5. The SMILES string of the molecule is CCN(C(=O)c1cc(F)ccc1Oc1cncnc1N1CC2(CC(Oc3ccnc4c3CNC4)C2)C1)C(C)C.Cl. The van der Waals surface area contributed by atoms with E-state index in [0.717, 1.165) is 50.5 Å². The molecule has 1 aromatic carbocycles. The van der Waals surface area contributed by atoms with Crippen LogP contribution in [-0.2, 0) is 13.1 Å². The molecule has 1 saturated heterocycles. The predicted octanol–water partition coefficient (Wildman–Crippen LogP) is 4.75. The van der Waals surface area contributed by atoms with Crippen molar-refractivity contribution >= 4 is 24.1 Å². The summed E-state index contributed by atoms with van der Waals surface area (Å²) < 4.78 is 26.7. The maximum absolute atomic E-state index is 14.2. The number of anilines is 1. The minimum absolute atomic E-state index is 0. The van der Waals surface area contributed by atoms with Crippen molar-refractivity contribution in [1.82, 2.24) is 25.2 Å². The molecule has 6 rings (SSSR count). The third-order valence-corrected chi connectivity index (χ3v) is 7.94. The Bertz CT molecular complexity index is 1390. The molecule has 212 valence electrons. The van der Waals surface area contributed by atoms with E-state index >= 15 is 0 Å². The molecule has 2 aliphatic heterocycles. The number of benzene rings is 1. The molecular formula is C29H34ClFN6O3. The summed E-state index contributed by atoms with van der Waals surface area (Å²) in [7, 11) is 0. The lowest BCUT2D eigenvalue weighted by molar-refractivity contribution is -0.0348. The van der Waals surface area contributed by atoms with Crippen LogP contribution < -0.4 is 19.7 Å². The maximum Gasteiger partial charge on any atom is 0.257 e. The molecule has 0 unspecified atom stereocenters. The highest BCUT2D eigenvalue weighted by Gasteiger charge is 2.54. The third kappa shape index (κ3) is 5.17. The van der Waals surface area contributed by atoms with Gasteiger partial charge in [0.1, 0.15) is 29.7 Å². The molecule has 1 saturated carbocycles. The van der Waals surface area contributed by atoms with E-state index in [1.165, 1.54) is 30.1 Å². The first-order valence-electron chi connectivity index (χ1n) is 13.5. The van der Waals surface area contributed by atoms with E-state index in [9.17, 15) is 9.18 Å². The number of pyridine rings is 1. The molecule has 11 heteroatoms. The molecule has 1 amide bonds. The van der Waals surface area contributed by atoms with Gasteiger partial charge in [-0.1, -0.05) is 0 Å². The fraction of sp³-hybridized carbons (Fsp3) is 0.448. The van der Waals surface area contributed by atoms with Crippen LogP contribution in [0.5, 0.6) is 17.2 Å². The van der Waals surface area contributed by atoms with Gasteiger partial charge in [0.2, 0.25) is 0 Å². The summed E-state index contributed by atoms with van der Waals surface area (Å²) in [5.41, 5.74) is 2.62. The van der Waals surface area contributed by atoms with Gasteiger partial charge >= 0.3 is 0 Å². The summed E-state index contributed by atoms with van der Waals surface area (Å²) in [6, 6.07) is 5.95. The molecule has 3 aromatic rings. The normalized spacial score (nSPS) is 17.1. The van der Waals surface area contributed by atoms with Crippen LogP contribution in [0.4, 0.5) is 10.2 Å². The Morgan fingerprint density at radius 2 is 1.98 bits per heavy atom. The van der Waals surface area contributed by atoms with Crippen molar-refractivity contribution in [1.29, 1.82) is 0 Å². The van der Waals surface area contributed by atoms with E-state index in [4.69, 9.17) is 9.47 Å². The van der Waals surface area contributed by atoms with Crippen LogP contribution in [0.1, 0.15) is 55.2 Å². The van der Waals surface area contributed by atoms with E-state index in [0.29, 0.717) is 18.1 Å². The van der Waals surface area contributed by atoms with Gasteiger partial charge in [0.15, 0.2) is 11.6 Å². The van der Waals surface area contributed by atoms with Gasteiger partial charge < -0.3 is 24.6 Å². The van der Waals surface area contributed by atoms with Crippen molar-refractivity contribution in [2.45, 2.75) is 58.8 Å². The summed E-state index contributed by atoms with van der Waals surface area (Å²) in [6.45, 7) is 9.54. The summed E-state index contributed by atoms with van der Waals surface area (Å²) in [4.78, 5) is 30.2. The number of hydrogen-bond donors (Lipinski definition) is 1. The second kappa shape index (κ2) is 11.2. The molecule has 2 fully saturated rings. The highest BCUT2D eigenvalue weighted by atomic mass is 35.5. The maximum atomic E-state index is 14.2. The molecular weight excluding hydrogens is 535 g/mol. The summed E-state index contributed by atoms with van der Waals surface area (Å²) in [5, 5.41) is 3.34. The molecule has 1 spiro atoms. The molecule has 0 atom stereocenters. The highest BCUT2D eigenvalue weighted by Crippen LogP contribution is 2.52. The quantitative estimate of drug-likeness (QED) is 0.416. The zero-order valence-electron chi connectivity index (χ0n) is 22.9. The van der Waals surface area contributed by atoms with Crippen molar-refractivity contribution in [2.24, 2.45) is 5.41 Å². The van der Waals surface area contributed by atoms with Gasteiger partial charge in [-0.25, -0.2) is 14.4 Å². The molecule has 4 heterocycles. The Hall–Kier alpha value is -3.50. The van der Waals surface area contributed by atoms with Crippen molar-refractivity contribution in [3.8, 4) is 17.2 Å². The van der Waals surface area contributed by atoms with Crippen LogP contribution in [0.2, 0.25) is 0 Å². The van der Waals surface area contributed by atoms with Crippen LogP contribution in [0, 0.1) is 11.2 Å². The molecule has 1 N–H and O–H groups in total. The summed E-state index contributed by atoms with van der Waals surface area (Å²) in [5.74, 6) is 1.55. The number of nitrogens with zero attached hydrogens (tertiary/aromatic N) is 5. The average molecular weight is 569 g/mol. The van der Waals surface area contributed by atoms with E-state index < -0.39 is 5.82 Å². The number of halogens is 2. The third-order valence-electron chi connectivity index (χ3n) is 7.94. The van der Waals surface area contributed by atoms with Gasteiger partial charge in [0.05, 0.1) is 17.5 Å². The highest BCUT2D eigenvalue weighted by molar-refractivity contribution is 5.97. The minimum atomic E-state index is -0.491. The molecule has 3 aliphatic rings. The number of hydrogen-bond acceptors (Lipinski definition) is 8. The monoisotopic (exact) mass is 568 g/mol. The molecule has 1 aliphatic carbocycles. The number of carbonyl (C=O) groups is 1. The number of aromatic nitrogens is 3. The van der Waals surface area contributed by atoms with Crippen molar-refractivity contribution in [3.05, 3.63) is 65.6 Å². The number of nitrogens with one attached hydrogen (secondary N) is 1. The van der Waals surface area contributed by atoms with Gasteiger partial charge in [0.25, 0.3) is 5.91 Å². The average Bonchev–Trinajstić information content (AvgIpc) is 3.36. The van der Waals surface area contributed by atoms with E-state index in [-0.39, 0.29) is 47.2 Å². The Balaban J connectivity index is 0.00000323. The van der Waals surface area contributed by atoms with Crippen LogP contribution in [-0.4, -0.2) is 57.5 Å². The van der Waals surface area contributed by atoms with Crippen LogP contribution in [0.25, 0.3) is 0 Å². The number of carbonyl (C=O) groups excluding carboxylic acids is 1. The first kappa shape index (κ1) is 28.0. The van der Waals surface area contributed by atoms with Crippen molar-refractivity contribution < 1.29 is 18.7 Å². The second-order valence-corrected chi connectivity index (χ2v) is 11.0. The predicted molar refractivity (Wildman–Crippen MR) is 151 cm³/mol. The lowest BCUT2D eigenvalue weighted by Gasteiger charge is -2.58. The van der Waals surface area contributed by atoms with E-state index in [2.05, 4.69) is 25.2 Å². The van der Waals surface area contributed by atoms with E-state index in [1.807, 2.05) is 33.0 Å². The minimum Gasteiger partial charge on any atom is -0.490 e. The zero-order chi connectivity index (χ0) is 27.1. The Morgan fingerprint density at radius 1 is 1.18 bits per heavy atom. The fourth-order valence-corrected chi connectivity index (χ4v) is 6.01. The number of ether oxygens (including phenoxy) is 2. The van der Waals surface area contributed by atoms with Gasteiger partial charge in [-0.05, 0) is 57.9 Å². The van der Waals surface area contributed by atoms with Gasteiger partial charge in [-0.3, -0.25) is 9.78 Å². The topological polar surface area (TPSA) is 92.7 Å². The van der Waals surface area contributed by atoms with Crippen LogP contribution in [0.15, 0.2) is 43.0 Å². The first-order chi connectivity index (χ1) is 18.9. The molecule has 9 nitrogen and oxygen atoms in total. The second-order valence-electron chi connectivity index (χ2n) is 11.0. The Kier molecular flexibility index (Phi) is 7.83. The van der Waals surface area contributed by atoms with Gasteiger partial charge in [-0.15, -0.1) is 12.4 Å². The van der Waals surface area contributed by atoms with Crippen LogP contribution >= 0.6 is 12.4 Å². The molecule has 40 heavy (non-hydrogen) atoms. The number of rotatable bonds is 8. The zero-order valence-corrected chi connectivity index (χ0v) is 23.7. The standard InChI is InChI=1S/C29H33FN6O3.ClH/c1-4-36(18(2)3)28(37)21-9-19(30)5-6-24(21)39-26-14-32-17-34-27(26)35-15-29(16-35)10-20(11-29)38-25-7-8-33-23-13-31-12-22(23)25;/h5-9,14,17-18,20,31H,4,10-13,15-16H2,1-3H3;1H. The Morgan fingerprint density at radius 3 is 2.73 bits per heavy atom. The fourth-order valence-electron chi connectivity index (χ4n) is 6.01. The van der Waals surface area contributed by atoms with Crippen molar-refractivity contribution in [3.63, 3.8) is 0 Å². The number of amides is 1. The molecule has 2 aromatic heterocycles. The van der Waals surface area contributed by atoms with E-state index in [1.54, 1.807) is 11.1 Å². The lowest BCUT2D eigenvalue weighted by Crippen LogP contribution is -2.65. The summed E-state index contributed by atoms with van der Waals surface area (Å²) in [6.07, 6.45) is 7.06. The molecule has 0 bridgehead atoms. The number of fused-ring (bicyclic) bond motifs is 1. The Labute approximate surface area is 239 Å². The van der Waals surface area contributed by atoms with Gasteiger partial charge in [-0.2, -0.15) is 0 Å². The smallest absolute Gasteiger partial charge is 0.257 e. The van der Waals surface area contributed by atoms with Crippen molar-refractivity contribution in [2.75, 3.05) is 24.5 Å². The molecule has 0 radical (unpaired) electrons. The summed E-state index contributed by atoms with van der Waals surface area (Å²) >= 11 is 0. The van der Waals surface area contributed by atoms with Gasteiger partial charge in [0, 0.05) is 55.9 Å². The van der Waals surface area contributed by atoms with Crippen LogP contribution in [0.3, 0.4) is 0 Å².